The van der Waals surface area contributed by atoms with Gasteiger partial charge in [-0.15, -0.1) is 0 Å². The zero-order valence-corrected chi connectivity index (χ0v) is 14.2. The Hall–Kier alpha value is -1.23. The second kappa shape index (κ2) is 7.36. The lowest BCUT2D eigenvalue weighted by molar-refractivity contribution is -0.118. The van der Waals surface area contributed by atoms with E-state index >= 15 is 0 Å². The molecule has 0 bridgehead atoms. The van der Waals surface area contributed by atoms with Gasteiger partial charge in [-0.05, 0) is 44.5 Å². The number of nitrogens with zero attached hydrogens (tertiary/aromatic N) is 1. The molecule has 0 aliphatic carbocycles. The van der Waals surface area contributed by atoms with Crippen LogP contribution >= 0.6 is 23.2 Å². The minimum absolute atomic E-state index is 0.00756. The number of aliphatic hydroxyl groups is 1. The molecule has 1 aliphatic rings. The maximum atomic E-state index is 12.1. The predicted octanol–water partition coefficient (Wildman–Crippen LogP) is 3.19. The smallest absolute Gasteiger partial charge is 0.252 e. The summed E-state index contributed by atoms with van der Waals surface area (Å²) >= 11 is 11.9. The molecular weight excluding hydrogens is 323 g/mol. The van der Waals surface area contributed by atoms with E-state index in [4.69, 9.17) is 23.2 Å². The largest absolute Gasteiger partial charge is 0.510 e. The molecule has 4 nitrogen and oxygen atoms in total. The molecule has 22 heavy (non-hydrogen) atoms. The molecule has 2 rings (SSSR count). The third-order valence-electron chi connectivity index (χ3n) is 3.70. The Morgan fingerprint density at radius 3 is 2.68 bits per heavy atom. The van der Waals surface area contributed by atoms with Crippen molar-refractivity contribution in [1.29, 1.82) is 0 Å². The van der Waals surface area contributed by atoms with Crippen LogP contribution in [-0.4, -0.2) is 42.1 Å². The van der Waals surface area contributed by atoms with Gasteiger partial charge in [-0.1, -0.05) is 29.3 Å². The molecule has 0 spiro atoms. The highest BCUT2D eigenvalue weighted by molar-refractivity contribution is 6.42. The summed E-state index contributed by atoms with van der Waals surface area (Å²) in [5, 5.41) is 13.8. The van der Waals surface area contributed by atoms with E-state index < -0.39 is 0 Å². The molecule has 0 saturated heterocycles. The molecule has 0 aromatic heterocycles. The van der Waals surface area contributed by atoms with Crippen LogP contribution in [0.15, 0.2) is 29.5 Å². The average Bonchev–Trinajstić information content (AvgIpc) is 2.79. The number of hydrogen-bond donors (Lipinski definition) is 2. The van der Waals surface area contributed by atoms with E-state index in [0.717, 1.165) is 18.4 Å². The average molecular weight is 343 g/mol. The molecule has 0 fully saturated rings. The fourth-order valence-corrected chi connectivity index (χ4v) is 2.75. The van der Waals surface area contributed by atoms with Gasteiger partial charge in [0.2, 0.25) is 0 Å². The number of rotatable bonds is 5. The van der Waals surface area contributed by atoms with Gasteiger partial charge < -0.3 is 10.4 Å². The first-order valence-electron chi connectivity index (χ1n) is 7.21. The van der Waals surface area contributed by atoms with Crippen molar-refractivity contribution in [1.82, 2.24) is 10.2 Å². The summed E-state index contributed by atoms with van der Waals surface area (Å²) < 4.78 is 0. The highest BCUT2D eigenvalue weighted by Crippen LogP contribution is 2.23. The highest BCUT2D eigenvalue weighted by Gasteiger charge is 2.24. The van der Waals surface area contributed by atoms with Crippen LogP contribution < -0.4 is 5.32 Å². The normalized spacial score (nSPS) is 16.9. The molecule has 1 aliphatic heterocycles. The summed E-state index contributed by atoms with van der Waals surface area (Å²) in [4.78, 5) is 14.0. The summed E-state index contributed by atoms with van der Waals surface area (Å²) in [6.07, 6.45) is 1.58. The topological polar surface area (TPSA) is 52.6 Å². The van der Waals surface area contributed by atoms with Crippen molar-refractivity contribution in [2.24, 2.45) is 0 Å². The summed E-state index contributed by atoms with van der Waals surface area (Å²) in [5.41, 5.74) is 1.54. The summed E-state index contributed by atoms with van der Waals surface area (Å²) in [6, 6.07) is 5.56. The zero-order valence-electron chi connectivity index (χ0n) is 12.7. The van der Waals surface area contributed by atoms with Gasteiger partial charge >= 0.3 is 0 Å². The lowest BCUT2D eigenvalue weighted by atomic mass is 10.1. The number of aryl methyl sites for hydroxylation is 1. The number of aliphatic hydroxyl groups excluding tert-OH is 1. The van der Waals surface area contributed by atoms with E-state index in [-0.39, 0.29) is 17.7 Å². The molecule has 6 heteroatoms. The van der Waals surface area contributed by atoms with Gasteiger partial charge in [0, 0.05) is 12.6 Å². The Labute approximate surface area is 140 Å². The maximum absolute atomic E-state index is 12.1. The van der Waals surface area contributed by atoms with Crippen molar-refractivity contribution in [2.75, 3.05) is 20.1 Å². The third kappa shape index (κ3) is 4.38. The molecule has 2 N–H and O–H groups in total. The molecule has 0 saturated carbocycles. The summed E-state index contributed by atoms with van der Waals surface area (Å²) in [6.45, 7) is 2.86. The van der Waals surface area contributed by atoms with Gasteiger partial charge in [-0.3, -0.25) is 9.69 Å². The van der Waals surface area contributed by atoms with Gasteiger partial charge in [-0.25, -0.2) is 0 Å². The number of carbonyl (C=O) groups excluding carboxylic acids is 1. The fraction of sp³-hybridized carbons (Fsp3) is 0.438. The first kappa shape index (κ1) is 17.1. The van der Waals surface area contributed by atoms with Crippen molar-refractivity contribution in [2.45, 2.75) is 25.8 Å². The monoisotopic (exact) mass is 342 g/mol. The van der Waals surface area contributed by atoms with E-state index in [2.05, 4.69) is 5.32 Å². The van der Waals surface area contributed by atoms with Crippen LogP contribution in [-0.2, 0) is 11.2 Å². The molecule has 1 heterocycles. The molecule has 1 amide bonds. The Bertz CT molecular complexity index is 602. The number of hydrogen-bond acceptors (Lipinski definition) is 3. The quantitative estimate of drug-likeness (QED) is 0.863. The number of amides is 1. The van der Waals surface area contributed by atoms with E-state index in [9.17, 15) is 9.90 Å². The van der Waals surface area contributed by atoms with Crippen LogP contribution in [0.1, 0.15) is 18.9 Å². The minimum Gasteiger partial charge on any atom is -0.510 e. The summed E-state index contributed by atoms with van der Waals surface area (Å²) in [5.74, 6) is -0.0276. The Morgan fingerprint density at radius 2 is 2.09 bits per heavy atom. The van der Waals surface area contributed by atoms with Crippen molar-refractivity contribution < 1.29 is 9.90 Å². The predicted molar refractivity (Wildman–Crippen MR) is 89.5 cm³/mol. The molecule has 120 valence electrons. The van der Waals surface area contributed by atoms with Crippen LogP contribution in [0.25, 0.3) is 0 Å². The highest BCUT2D eigenvalue weighted by atomic mass is 35.5. The van der Waals surface area contributed by atoms with Crippen LogP contribution in [0.5, 0.6) is 0 Å². The van der Waals surface area contributed by atoms with Crippen LogP contribution in [0.2, 0.25) is 10.0 Å². The number of nitrogens with one attached hydrogen (secondary N) is 1. The molecule has 1 aromatic rings. The van der Waals surface area contributed by atoms with E-state index in [1.807, 2.05) is 31.0 Å². The Kier molecular flexibility index (Phi) is 5.73. The second-order valence-corrected chi connectivity index (χ2v) is 6.57. The van der Waals surface area contributed by atoms with Gasteiger partial charge in [0.25, 0.3) is 5.91 Å². The van der Waals surface area contributed by atoms with Crippen LogP contribution in [0, 0.1) is 0 Å². The van der Waals surface area contributed by atoms with Crippen LogP contribution in [0.4, 0.5) is 0 Å². The second-order valence-electron chi connectivity index (χ2n) is 5.76. The van der Waals surface area contributed by atoms with Gasteiger partial charge in [-0.2, -0.15) is 0 Å². The third-order valence-corrected chi connectivity index (χ3v) is 4.44. The SMILES string of the molecule is CC(CCc1ccc(Cl)c(Cl)c1)NC(=O)C1=C(O)CN(C)C1. The zero-order chi connectivity index (χ0) is 16.3. The maximum Gasteiger partial charge on any atom is 0.252 e. The summed E-state index contributed by atoms with van der Waals surface area (Å²) in [7, 11) is 1.87. The molecule has 0 radical (unpaired) electrons. The molecule has 1 atom stereocenters. The van der Waals surface area contributed by atoms with Gasteiger partial charge in [0.1, 0.15) is 5.76 Å². The van der Waals surface area contributed by atoms with Crippen LogP contribution in [0.3, 0.4) is 0 Å². The molecule has 1 unspecified atom stereocenters. The van der Waals surface area contributed by atoms with Crippen molar-refractivity contribution >= 4 is 29.1 Å². The lowest BCUT2D eigenvalue weighted by Gasteiger charge is -2.15. The first-order valence-corrected chi connectivity index (χ1v) is 7.96. The Morgan fingerprint density at radius 1 is 1.36 bits per heavy atom. The lowest BCUT2D eigenvalue weighted by Crippen LogP contribution is -2.35. The van der Waals surface area contributed by atoms with Crippen molar-refractivity contribution in [3.05, 3.63) is 45.1 Å². The standard InChI is InChI=1S/C16H20Cl2N2O2/c1-10(3-4-11-5-6-13(17)14(18)7-11)19-16(22)12-8-20(2)9-15(12)21/h5-7,10,21H,3-4,8-9H2,1-2H3,(H,19,22). The van der Waals surface area contributed by atoms with E-state index in [0.29, 0.717) is 28.7 Å². The van der Waals surface area contributed by atoms with Gasteiger partial charge in [0.05, 0.1) is 22.2 Å². The number of likely N-dealkylation sites (N-methyl/N-ethyl adjacent to an activating group) is 1. The Balaban J connectivity index is 1.85. The van der Waals surface area contributed by atoms with E-state index in [1.54, 1.807) is 6.07 Å². The van der Waals surface area contributed by atoms with Crippen molar-refractivity contribution in [3.8, 4) is 0 Å². The number of benzene rings is 1. The number of halogens is 2. The first-order chi connectivity index (χ1) is 10.4. The van der Waals surface area contributed by atoms with Crippen molar-refractivity contribution in [3.63, 3.8) is 0 Å². The number of carbonyl (C=O) groups is 1. The minimum atomic E-state index is -0.191. The van der Waals surface area contributed by atoms with Gasteiger partial charge in [0.15, 0.2) is 0 Å². The fourth-order valence-electron chi connectivity index (χ4n) is 2.43. The molecular formula is C16H20Cl2N2O2. The molecule has 1 aromatic carbocycles. The van der Waals surface area contributed by atoms with E-state index in [1.165, 1.54) is 0 Å².